The van der Waals surface area contributed by atoms with Crippen LogP contribution in [0.1, 0.15) is 22.8 Å². The summed E-state index contributed by atoms with van der Waals surface area (Å²) < 4.78 is 0. The molecule has 1 N–H and O–H groups in total. The van der Waals surface area contributed by atoms with Crippen LogP contribution >= 0.6 is 0 Å². The third-order valence-electron chi connectivity index (χ3n) is 4.18. The summed E-state index contributed by atoms with van der Waals surface area (Å²) in [5, 5.41) is 11.8. The summed E-state index contributed by atoms with van der Waals surface area (Å²) in [6, 6.07) is 8.96. The molecule has 3 rings (SSSR count). The Labute approximate surface area is 151 Å². The normalized spacial score (nSPS) is 13.8. The maximum atomic E-state index is 12.5. The lowest BCUT2D eigenvalue weighted by Crippen LogP contribution is -2.50. The summed E-state index contributed by atoms with van der Waals surface area (Å²) in [5.41, 5.74) is 1.73. The Balaban J connectivity index is 1.61. The van der Waals surface area contributed by atoms with Crippen LogP contribution in [0.3, 0.4) is 0 Å². The average molecular weight is 350 g/mol. The van der Waals surface area contributed by atoms with Crippen molar-refractivity contribution in [2.45, 2.75) is 6.92 Å². The molecule has 2 aromatic rings. The molecule has 0 saturated carbocycles. The zero-order chi connectivity index (χ0) is 18.5. The van der Waals surface area contributed by atoms with E-state index in [4.69, 9.17) is 5.26 Å². The smallest absolute Gasteiger partial charge is 0.257 e. The Bertz CT molecular complexity index is 833. The van der Waals surface area contributed by atoms with E-state index in [0.717, 1.165) is 5.69 Å². The van der Waals surface area contributed by atoms with Gasteiger partial charge in [-0.2, -0.15) is 5.26 Å². The fourth-order valence-corrected chi connectivity index (χ4v) is 2.67. The molecule has 1 aromatic carbocycles. The first-order valence-electron chi connectivity index (χ1n) is 8.21. The monoisotopic (exact) mass is 350 g/mol. The summed E-state index contributed by atoms with van der Waals surface area (Å²) in [4.78, 5) is 35.6. The number of hydrogen-bond donors (Lipinski definition) is 1. The largest absolute Gasteiger partial charge is 0.339 e. The van der Waals surface area contributed by atoms with Crippen LogP contribution in [0, 0.1) is 11.3 Å². The van der Waals surface area contributed by atoms with Crippen molar-refractivity contribution in [1.82, 2.24) is 19.8 Å². The quantitative estimate of drug-likeness (QED) is 0.897. The van der Waals surface area contributed by atoms with Gasteiger partial charge in [-0.3, -0.25) is 9.59 Å². The van der Waals surface area contributed by atoms with Gasteiger partial charge in [-0.15, -0.1) is 0 Å². The molecule has 132 valence electrons. The predicted molar refractivity (Wildman–Crippen MR) is 94.6 cm³/mol. The first kappa shape index (κ1) is 17.4. The van der Waals surface area contributed by atoms with Gasteiger partial charge < -0.3 is 15.1 Å². The number of rotatable bonds is 3. The van der Waals surface area contributed by atoms with E-state index in [-0.39, 0.29) is 11.8 Å². The number of benzene rings is 1. The van der Waals surface area contributed by atoms with Crippen molar-refractivity contribution in [1.29, 1.82) is 5.26 Å². The number of carbonyl (C=O) groups is 2. The van der Waals surface area contributed by atoms with Gasteiger partial charge in [-0.05, 0) is 24.3 Å². The predicted octanol–water partition coefficient (Wildman–Crippen LogP) is 1.40. The van der Waals surface area contributed by atoms with Gasteiger partial charge in [0.05, 0.1) is 17.2 Å². The third-order valence-corrected chi connectivity index (χ3v) is 4.18. The average Bonchev–Trinajstić information content (AvgIpc) is 2.69. The highest BCUT2D eigenvalue weighted by Gasteiger charge is 2.23. The van der Waals surface area contributed by atoms with E-state index >= 15 is 0 Å². The molecule has 0 radical (unpaired) electrons. The minimum atomic E-state index is -0.141. The number of nitriles is 1. The Morgan fingerprint density at radius 3 is 2.15 bits per heavy atom. The van der Waals surface area contributed by atoms with Crippen LogP contribution in [0.15, 0.2) is 36.7 Å². The number of amides is 2. The Hall–Kier alpha value is -3.47. The summed E-state index contributed by atoms with van der Waals surface area (Å²) in [7, 11) is 0. The number of nitrogens with one attached hydrogen (secondary N) is 1. The van der Waals surface area contributed by atoms with Crippen molar-refractivity contribution >= 4 is 23.5 Å². The SMILES string of the molecule is CC(=O)N1CCN(C(=O)c2cnc(Nc3ccc(C#N)cc3)nc2)CC1. The minimum Gasteiger partial charge on any atom is -0.339 e. The van der Waals surface area contributed by atoms with Crippen LogP contribution < -0.4 is 5.32 Å². The lowest BCUT2D eigenvalue weighted by atomic mass is 10.2. The zero-order valence-electron chi connectivity index (χ0n) is 14.3. The van der Waals surface area contributed by atoms with Crippen molar-refractivity contribution in [2.24, 2.45) is 0 Å². The van der Waals surface area contributed by atoms with Crippen LogP contribution in [-0.2, 0) is 4.79 Å². The zero-order valence-corrected chi connectivity index (χ0v) is 14.3. The number of anilines is 2. The standard InChI is InChI=1S/C18H18N6O2/c1-13(25)23-6-8-24(9-7-23)17(26)15-11-20-18(21-12-15)22-16-4-2-14(10-19)3-5-16/h2-5,11-12H,6-9H2,1H3,(H,20,21,22). The third kappa shape index (κ3) is 3.95. The van der Waals surface area contributed by atoms with Crippen LogP contribution in [-0.4, -0.2) is 57.8 Å². The molecule has 8 heteroatoms. The number of carbonyl (C=O) groups excluding carboxylic acids is 2. The number of hydrogen-bond acceptors (Lipinski definition) is 6. The van der Waals surface area contributed by atoms with E-state index in [1.165, 1.54) is 19.3 Å². The first-order valence-corrected chi connectivity index (χ1v) is 8.21. The summed E-state index contributed by atoms with van der Waals surface area (Å²) in [6.07, 6.45) is 2.97. The summed E-state index contributed by atoms with van der Waals surface area (Å²) >= 11 is 0. The molecule has 1 aliphatic heterocycles. The molecule has 0 atom stereocenters. The molecule has 8 nitrogen and oxygen atoms in total. The van der Waals surface area contributed by atoms with Gasteiger partial charge in [0.2, 0.25) is 11.9 Å². The Morgan fingerprint density at radius 1 is 1.04 bits per heavy atom. The van der Waals surface area contributed by atoms with Crippen LogP contribution in [0.25, 0.3) is 0 Å². The van der Waals surface area contributed by atoms with Gasteiger partial charge in [0.15, 0.2) is 0 Å². The van der Waals surface area contributed by atoms with E-state index in [1.807, 2.05) is 0 Å². The van der Waals surface area contributed by atoms with Gasteiger partial charge in [0.1, 0.15) is 0 Å². The Kier molecular flexibility index (Phi) is 5.08. The maximum Gasteiger partial charge on any atom is 0.257 e. The fraction of sp³-hybridized carbons (Fsp3) is 0.278. The minimum absolute atomic E-state index is 0.0265. The molecular weight excluding hydrogens is 332 g/mol. The second-order valence-corrected chi connectivity index (χ2v) is 5.91. The summed E-state index contributed by atoms with van der Waals surface area (Å²) in [5.74, 6) is 0.254. The van der Waals surface area contributed by atoms with E-state index in [9.17, 15) is 9.59 Å². The summed E-state index contributed by atoms with van der Waals surface area (Å²) in [6.45, 7) is 3.62. The molecule has 2 amide bonds. The topological polar surface area (TPSA) is 102 Å². The molecule has 1 fully saturated rings. The van der Waals surface area contributed by atoms with Gasteiger partial charge in [-0.25, -0.2) is 9.97 Å². The van der Waals surface area contributed by atoms with Gasteiger partial charge in [-0.1, -0.05) is 0 Å². The fourth-order valence-electron chi connectivity index (χ4n) is 2.67. The van der Waals surface area contributed by atoms with E-state index in [0.29, 0.717) is 43.3 Å². The second kappa shape index (κ2) is 7.61. The van der Waals surface area contributed by atoms with Crippen LogP contribution in [0.2, 0.25) is 0 Å². The number of piperazine rings is 1. The van der Waals surface area contributed by atoms with Gasteiger partial charge in [0, 0.05) is 51.2 Å². The van der Waals surface area contributed by atoms with Crippen LogP contribution in [0.5, 0.6) is 0 Å². The second-order valence-electron chi connectivity index (χ2n) is 5.91. The van der Waals surface area contributed by atoms with E-state index in [2.05, 4.69) is 21.4 Å². The van der Waals surface area contributed by atoms with Crippen molar-refractivity contribution < 1.29 is 9.59 Å². The highest BCUT2D eigenvalue weighted by Crippen LogP contribution is 2.14. The number of nitrogens with zero attached hydrogens (tertiary/aromatic N) is 5. The Morgan fingerprint density at radius 2 is 1.62 bits per heavy atom. The molecule has 1 aromatic heterocycles. The molecule has 1 aliphatic rings. The maximum absolute atomic E-state index is 12.5. The van der Waals surface area contributed by atoms with Gasteiger partial charge in [0.25, 0.3) is 5.91 Å². The van der Waals surface area contributed by atoms with Crippen molar-refractivity contribution in [2.75, 3.05) is 31.5 Å². The molecule has 26 heavy (non-hydrogen) atoms. The van der Waals surface area contributed by atoms with Crippen molar-refractivity contribution in [3.8, 4) is 6.07 Å². The molecule has 1 saturated heterocycles. The van der Waals surface area contributed by atoms with E-state index in [1.54, 1.807) is 34.1 Å². The first-order chi connectivity index (χ1) is 12.6. The highest BCUT2D eigenvalue weighted by atomic mass is 16.2. The van der Waals surface area contributed by atoms with E-state index < -0.39 is 0 Å². The van der Waals surface area contributed by atoms with Crippen molar-refractivity contribution in [3.63, 3.8) is 0 Å². The molecule has 0 spiro atoms. The molecule has 0 aliphatic carbocycles. The molecule has 2 heterocycles. The molecule has 0 unspecified atom stereocenters. The molecular formula is C18H18N6O2. The molecule has 0 bridgehead atoms. The van der Waals surface area contributed by atoms with Gasteiger partial charge >= 0.3 is 0 Å². The number of aromatic nitrogens is 2. The lowest BCUT2D eigenvalue weighted by Gasteiger charge is -2.34. The van der Waals surface area contributed by atoms with Crippen molar-refractivity contribution in [3.05, 3.63) is 47.8 Å². The lowest BCUT2D eigenvalue weighted by molar-refractivity contribution is -0.130. The highest BCUT2D eigenvalue weighted by molar-refractivity contribution is 5.94. The van der Waals surface area contributed by atoms with Crippen LogP contribution in [0.4, 0.5) is 11.6 Å².